The van der Waals surface area contributed by atoms with Crippen molar-refractivity contribution in [2.24, 2.45) is 17.8 Å². The predicted octanol–water partition coefficient (Wildman–Crippen LogP) is 2.49. The minimum absolute atomic E-state index is 0.497. The largest absolute Gasteiger partial charge is 0.300 e. The zero-order chi connectivity index (χ0) is 8.84. The Morgan fingerprint density at radius 1 is 1.31 bits per heavy atom. The third kappa shape index (κ3) is 1.03. The van der Waals surface area contributed by atoms with Crippen LogP contribution >= 0.6 is 0 Å². The lowest BCUT2D eigenvalue weighted by atomic mass is 9.85. The van der Waals surface area contributed by atoms with Crippen molar-refractivity contribution in [2.45, 2.75) is 25.7 Å². The van der Waals surface area contributed by atoms with Crippen LogP contribution in [0.1, 0.15) is 25.7 Å². The van der Waals surface area contributed by atoms with Crippen LogP contribution in [0.3, 0.4) is 0 Å². The molecule has 3 unspecified atom stereocenters. The number of ketones is 1. The molecule has 0 aromatic rings. The highest BCUT2D eigenvalue weighted by molar-refractivity contribution is 5.81. The molecule has 3 rings (SSSR count). The fraction of sp³-hybridized carbons (Fsp3) is 0.583. The van der Waals surface area contributed by atoms with Crippen LogP contribution in [0.15, 0.2) is 23.8 Å². The molecule has 2 fully saturated rings. The SMILES string of the molecule is O=C1CC2CC(C1)C1CC=CC=C21. The van der Waals surface area contributed by atoms with E-state index in [2.05, 4.69) is 18.2 Å². The van der Waals surface area contributed by atoms with E-state index < -0.39 is 0 Å². The number of fused-ring (bicyclic) bond motifs is 5. The topological polar surface area (TPSA) is 17.1 Å². The molecule has 3 aliphatic carbocycles. The Kier molecular flexibility index (Phi) is 1.49. The number of allylic oxidation sites excluding steroid dienone is 4. The normalized spacial score (nSPS) is 41.7. The Balaban J connectivity index is 1.99. The van der Waals surface area contributed by atoms with Gasteiger partial charge in [0, 0.05) is 12.8 Å². The molecule has 1 heteroatoms. The standard InChI is InChI=1S/C12H14O/c13-10-6-8-5-9(7-10)12-4-2-1-3-11(8)12/h1-3,8-9,12H,4-7H2. The fourth-order valence-electron chi connectivity index (χ4n) is 3.31. The van der Waals surface area contributed by atoms with E-state index in [1.54, 1.807) is 5.57 Å². The molecular formula is C12H14O. The van der Waals surface area contributed by atoms with Gasteiger partial charge >= 0.3 is 0 Å². The predicted molar refractivity (Wildman–Crippen MR) is 51.2 cm³/mol. The van der Waals surface area contributed by atoms with E-state index in [1.807, 2.05) is 0 Å². The van der Waals surface area contributed by atoms with Gasteiger partial charge in [-0.2, -0.15) is 0 Å². The molecule has 1 nitrogen and oxygen atoms in total. The van der Waals surface area contributed by atoms with Gasteiger partial charge in [-0.05, 0) is 30.6 Å². The monoisotopic (exact) mass is 174 g/mol. The number of carbonyl (C=O) groups excluding carboxylic acids is 1. The van der Waals surface area contributed by atoms with Gasteiger partial charge in [0.1, 0.15) is 5.78 Å². The Labute approximate surface area is 78.5 Å². The summed E-state index contributed by atoms with van der Waals surface area (Å²) in [6.07, 6.45) is 10.8. The minimum atomic E-state index is 0.497. The van der Waals surface area contributed by atoms with Crippen LogP contribution in [0.4, 0.5) is 0 Å². The first kappa shape index (κ1) is 7.54. The molecule has 0 aliphatic heterocycles. The van der Waals surface area contributed by atoms with Crippen LogP contribution in [0.2, 0.25) is 0 Å². The lowest BCUT2D eigenvalue weighted by Crippen LogP contribution is -2.16. The first-order valence-corrected chi connectivity index (χ1v) is 5.23. The van der Waals surface area contributed by atoms with E-state index in [1.165, 1.54) is 12.8 Å². The maximum Gasteiger partial charge on any atom is 0.133 e. The zero-order valence-corrected chi connectivity index (χ0v) is 7.70. The molecule has 2 saturated carbocycles. The average molecular weight is 174 g/mol. The molecule has 0 amide bonds. The number of rotatable bonds is 0. The van der Waals surface area contributed by atoms with E-state index in [-0.39, 0.29) is 0 Å². The number of carbonyl (C=O) groups is 1. The Hall–Kier alpha value is -0.850. The summed E-state index contributed by atoms with van der Waals surface area (Å²) >= 11 is 0. The van der Waals surface area contributed by atoms with Gasteiger partial charge in [0.15, 0.2) is 0 Å². The molecule has 0 heterocycles. The van der Waals surface area contributed by atoms with Gasteiger partial charge in [0.05, 0.1) is 0 Å². The highest BCUT2D eigenvalue weighted by atomic mass is 16.1. The molecule has 68 valence electrons. The lowest BCUT2D eigenvalue weighted by Gasteiger charge is -2.19. The van der Waals surface area contributed by atoms with Gasteiger partial charge in [-0.3, -0.25) is 4.79 Å². The van der Waals surface area contributed by atoms with Gasteiger partial charge in [-0.1, -0.05) is 23.8 Å². The van der Waals surface area contributed by atoms with Crippen LogP contribution in [0.25, 0.3) is 0 Å². The molecular weight excluding hydrogens is 160 g/mol. The molecule has 0 aromatic carbocycles. The molecule has 3 atom stereocenters. The lowest BCUT2D eigenvalue weighted by molar-refractivity contribution is -0.121. The zero-order valence-electron chi connectivity index (χ0n) is 7.70. The molecule has 0 spiro atoms. The van der Waals surface area contributed by atoms with Crippen molar-refractivity contribution in [2.75, 3.05) is 0 Å². The highest BCUT2D eigenvalue weighted by Crippen LogP contribution is 2.50. The molecule has 13 heavy (non-hydrogen) atoms. The van der Waals surface area contributed by atoms with E-state index in [0.29, 0.717) is 17.6 Å². The summed E-state index contributed by atoms with van der Waals surface area (Å²) in [6.45, 7) is 0. The summed E-state index contributed by atoms with van der Waals surface area (Å²) in [5, 5.41) is 0. The smallest absolute Gasteiger partial charge is 0.133 e. The van der Waals surface area contributed by atoms with Crippen LogP contribution in [0, 0.1) is 17.8 Å². The van der Waals surface area contributed by atoms with Gasteiger partial charge in [0.25, 0.3) is 0 Å². The molecule has 3 aliphatic rings. The second-order valence-electron chi connectivity index (χ2n) is 4.58. The van der Waals surface area contributed by atoms with E-state index in [0.717, 1.165) is 18.8 Å². The van der Waals surface area contributed by atoms with Crippen molar-refractivity contribution in [1.29, 1.82) is 0 Å². The number of hydrogen-bond acceptors (Lipinski definition) is 1. The first-order chi connectivity index (χ1) is 6.34. The molecule has 2 bridgehead atoms. The summed E-state index contributed by atoms with van der Waals surface area (Å²) in [6, 6.07) is 0. The summed E-state index contributed by atoms with van der Waals surface area (Å²) in [4.78, 5) is 11.4. The third-order valence-corrected chi connectivity index (χ3v) is 3.83. The van der Waals surface area contributed by atoms with Crippen molar-refractivity contribution < 1.29 is 4.79 Å². The molecule has 0 aromatic heterocycles. The van der Waals surface area contributed by atoms with Gasteiger partial charge < -0.3 is 0 Å². The second kappa shape index (κ2) is 2.57. The van der Waals surface area contributed by atoms with Crippen LogP contribution in [-0.4, -0.2) is 5.78 Å². The van der Waals surface area contributed by atoms with Gasteiger partial charge in [0.2, 0.25) is 0 Å². The summed E-state index contributed by atoms with van der Waals surface area (Å²) in [7, 11) is 0. The molecule has 0 saturated heterocycles. The second-order valence-corrected chi connectivity index (χ2v) is 4.58. The van der Waals surface area contributed by atoms with Crippen molar-refractivity contribution >= 4 is 5.78 Å². The maximum absolute atomic E-state index is 11.4. The number of hydrogen-bond donors (Lipinski definition) is 0. The van der Waals surface area contributed by atoms with Gasteiger partial charge in [-0.15, -0.1) is 0 Å². The Bertz CT molecular complexity index is 311. The maximum atomic E-state index is 11.4. The molecule has 0 N–H and O–H groups in total. The summed E-state index contributed by atoms with van der Waals surface area (Å²) in [5.74, 6) is 2.52. The quantitative estimate of drug-likeness (QED) is 0.551. The van der Waals surface area contributed by atoms with Gasteiger partial charge in [-0.25, -0.2) is 0 Å². The van der Waals surface area contributed by atoms with Crippen LogP contribution in [-0.2, 0) is 4.79 Å². The third-order valence-electron chi connectivity index (χ3n) is 3.83. The Morgan fingerprint density at radius 2 is 2.23 bits per heavy atom. The van der Waals surface area contributed by atoms with Crippen molar-refractivity contribution in [3.8, 4) is 0 Å². The highest BCUT2D eigenvalue weighted by Gasteiger charge is 2.43. The Morgan fingerprint density at radius 3 is 3.15 bits per heavy atom. The summed E-state index contributed by atoms with van der Waals surface area (Å²) in [5.41, 5.74) is 1.58. The summed E-state index contributed by atoms with van der Waals surface area (Å²) < 4.78 is 0. The van der Waals surface area contributed by atoms with Crippen LogP contribution in [0.5, 0.6) is 0 Å². The minimum Gasteiger partial charge on any atom is -0.300 e. The van der Waals surface area contributed by atoms with E-state index >= 15 is 0 Å². The van der Waals surface area contributed by atoms with E-state index in [4.69, 9.17) is 0 Å². The molecule has 0 radical (unpaired) electrons. The average Bonchev–Trinajstić information content (AvgIpc) is 2.41. The van der Waals surface area contributed by atoms with Crippen LogP contribution < -0.4 is 0 Å². The number of Topliss-reactive ketones (excluding diaryl/α,β-unsaturated/α-hetero) is 1. The fourth-order valence-corrected chi connectivity index (χ4v) is 3.31. The van der Waals surface area contributed by atoms with E-state index in [9.17, 15) is 4.79 Å². The van der Waals surface area contributed by atoms with Crippen molar-refractivity contribution in [3.63, 3.8) is 0 Å². The van der Waals surface area contributed by atoms with Crippen molar-refractivity contribution in [1.82, 2.24) is 0 Å². The first-order valence-electron chi connectivity index (χ1n) is 5.23. The van der Waals surface area contributed by atoms with Crippen molar-refractivity contribution in [3.05, 3.63) is 23.8 Å².